The van der Waals surface area contributed by atoms with Gasteiger partial charge in [-0.2, -0.15) is 0 Å². The fourth-order valence-electron chi connectivity index (χ4n) is 4.13. The largest absolute Gasteiger partial charge is 0.339 e. The van der Waals surface area contributed by atoms with Crippen molar-refractivity contribution >= 4 is 5.91 Å². The standard InChI is InChI=1S/C16H29N3O/c1-13-5-4-8-15(17-13)16(20)19-11-9-18(10-12-19)14-6-2-3-7-14/h13-15,17H,2-12H2,1H3. The maximum absolute atomic E-state index is 12.6. The lowest BCUT2D eigenvalue weighted by atomic mass is 9.98. The first-order chi connectivity index (χ1) is 9.74. The number of nitrogens with one attached hydrogen (secondary N) is 1. The van der Waals surface area contributed by atoms with Crippen molar-refractivity contribution in [3.63, 3.8) is 0 Å². The Morgan fingerprint density at radius 1 is 0.950 bits per heavy atom. The second kappa shape index (κ2) is 6.44. The lowest BCUT2D eigenvalue weighted by Crippen LogP contribution is -2.57. The molecule has 4 nitrogen and oxygen atoms in total. The maximum Gasteiger partial charge on any atom is 0.239 e. The normalized spacial score (nSPS) is 33.5. The number of carbonyl (C=O) groups excluding carboxylic acids is 1. The van der Waals surface area contributed by atoms with Crippen LogP contribution in [0.1, 0.15) is 51.9 Å². The summed E-state index contributed by atoms with van der Waals surface area (Å²) in [4.78, 5) is 17.3. The Hall–Kier alpha value is -0.610. The van der Waals surface area contributed by atoms with Gasteiger partial charge in [0.05, 0.1) is 6.04 Å². The molecule has 4 heteroatoms. The first-order valence-corrected chi connectivity index (χ1v) is 8.53. The summed E-state index contributed by atoms with van der Waals surface area (Å²) < 4.78 is 0. The van der Waals surface area contributed by atoms with Gasteiger partial charge in [0.1, 0.15) is 0 Å². The van der Waals surface area contributed by atoms with Gasteiger partial charge in [0.15, 0.2) is 0 Å². The van der Waals surface area contributed by atoms with Crippen LogP contribution in [0.25, 0.3) is 0 Å². The molecular formula is C16H29N3O. The van der Waals surface area contributed by atoms with E-state index in [0.717, 1.165) is 38.6 Å². The van der Waals surface area contributed by atoms with Crippen molar-refractivity contribution < 1.29 is 4.79 Å². The molecular weight excluding hydrogens is 250 g/mol. The Morgan fingerprint density at radius 2 is 1.65 bits per heavy atom. The molecule has 2 saturated heterocycles. The van der Waals surface area contributed by atoms with Crippen LogP contribution in [0, 0.1) is 0 Å². The summed E-state index contributed by atoms with van der Waals surface area (Å²) in [5.41, 5.74) is 0. The van der Waals surface area contributed by atoms with E-state index < -0.39 is 0 Å². The Bertz CT molecular complexity index is 333. The Balaban J connectivity index is 1.48. The number of rotatable bonds is 2. The minimum atomic E-state index is 0.0804. The first-order valence-electron chi connectivity index (χ1n) is 8.53. The average Bonchev–Trinajstić information content (AvgIpc) is 3.01. The number of carbonyl (C=O) groups is 1. The molecule has 1 amide bonds. The van der Waals surface area contributed by atoms with Crippen molar-refractivity contribution in [1.82, 2.24) is 15.1 Å². The number of nitrogens with zero attached hydrogens (tertiary/aromatic N) is 2. The molecule has 0 bridgehead atoms. The highest BCUT2D eigenvalue weighted by molar-refractivity contribution is 5.82. The number of piperazine rings is 1. The molecule has 2 aliphatic heterocycles. The molecule has 0 aromatic rings. The van der Waals surface area contributed by atoms with Crippen LogP contribution in [0.15, 0.2) is 0 Å². The van der Waals surface area contributed by atoms with Crippen molar-refractivity contribution in [2.24, 2.45) is 0 Å². The highest BCUT2D eigenvalue weighted by Gasteiger charge is 2.32. The van der Waals surface area contributed by atoms with Gasteiger partial charge in [0.2, 0.25) is 5.91 Å². The van der Waals surface area contributed by atoms with Crippen LogP contribution >= 0.6 is 0 Å². The summed E-state index contributed by atoms with van der Waals surface area (Å²) in [5.74, 6) is 0.350. The molecule has 2 atom stereocenters. The third kappa shape index (κ3) is 3.17. The summed E-state index contributed by atoms with van der Waals surface area (Å²) >= 11 is 0. The van der Waals surface area contributed by atoms with Crippen molar-refractivity contribution in [3.8, 4) is 0 Å². The maximum atomic E-state index is 12.6. The molecule has 3 aliphatic rings. The van der Waals surface area contributed by atoms with Gasteiger partial charge in [-0.1, -0.05) is 12.8 Å². The lowest BCUT2D eigenvalue weighted by molar-refractivity contribution is -0.136. The predicted molar refractivity (Wildman–Crippen MR) is 80.6 cm³/mol. The van der Waals surface area contributed by atoms with E-state index in [2.05, 4.69) is 22.0 Å². The Kier molecular flexibility index (Phi) is 4.61. The van der Waals surface area contributed by atoms with Crippen LogP contribution in [0.5, 0.6) is 0 Å². The Labute approximate surface area is 122 Å². The number of piperidine rings is 1. The van der Waals surface area contributed by atoms with E-state index in [0.29, 0.717) is 11.9 Å². The topological polar surface area (TPSA) is 35.6 Å². The number of hydrogen-bond acceptors (Lipinski definition) is 3. The minimum absolute atomic E-state index is 0.0804. The van der Waals surface area contributed by atoms with E-state index in [1.807, 2.05) is 0 Å². The second-order valence-electron chi connectivity index (χ2n) is 6.85. The van der Waals surface area contributed by atoms with Gasteiger partial charge in [0.25, 0.3) is 0 Å². The molecule has 1 N–H and O–H groups in total. The molecule has 3 rings (SSSR count). The molecule has 1 aliphatic carbocycles. The van der Waals surface area contributed by atoms with E-state index in [1.165, 1.54) is 38.5 Å². The van der Waals surface area contributed by atoms with Crippen LogP contribution in [-0.2, 0) is 4.79 Å². The van der Waals surface area contributed by atoms with Crippen LogP contribution < -0.4 is 5.32 Å². The van der Waals surface area contributed by atoms with Crippen molar-refractivity contribution in [3.05, 3.63) is 0 Å². The van der Waals surface area contributed by atoms with E-state index >= 15 is 0 Å². The number of amides is 1. The van der Waals surface area contributed by atoms with Crippen molar-refractivity contribution in [1.29, 1.82) is 0 Å². The van der Waals surface area contributed by atoms with E-state index in [1.54, 1.807) is 0 Å². The summed E-state index contributed by atoms with van der Waals surface area (Å²) in [5, 5.41) is 3.47. The van der Waals surface area contributed by atoms with Gasteiger partial charge in [0, 0.05) is 38.3 Å². The summed E-state index contributed by atoms with van der Waals surface area (Å²) in [6, 6.07) is 1.38. The molecule has 0 radical (unpaired) electrons. The third-order valence-corrected chi connectivity index (χ3v) is 5.38. The van der Waals surface area contributed by atoms with Crippen LogP contribution in [-0.4, -0.2) is 60.0 Å². The van der Waals surface area contributed by atoms with Gasteiger partial charge in [-0.05, 0) is 39.0 Å². The molecule has 0 aromatic heterocycles. The molecule has 114 valence electrons. The first kappa shape index (κ1) is 14.3. The van der Waals surface area contributed by atoms with Gasteiger partial charge in [-0.25, -0.2) is 0 Å². The molecule has 2 unspecified atom stereocenters. The zero-order chi connectivity index (χ0) is 13.9. The van der Waals surface area contributed by atoms with Gasteiger partial charge >= 0.3 is 0 Å². The van der Waals surface area contributed by atoms with Crippen molar-refractivity contribution in [2.75, 3.05) is 26.2 Å². The minimum Gasteiger partial charge on any atom is -0.339 e. The quantitative estimate of drug-likeness (QED) is 0.834. The highest BCUT2D eigenvalue weighted by Crippen LogP contribution is 2.24. The zero-order valence-electron chi connectivity index (χ0n) is 12.8. The van der Waals surface area contributed by atoms with E-state index in [-0.39, 0.29) is 6.04 Å². The smallest absolute Gasteiger partial charge is 0.239 e. The lowest BCUT2D eigenvalue weighted by Gasteiger charge is -2.40. The molecule has 0 spiro atoms. The molecule has 20 heavy (non-hydrogen) atoms. The van der Waals surface area contributed by atoms with Gasteiger partial charge in [-0.15, -0.1) is 0 Å². The highest BCUT2D eigenvalue weighted by atomic mass is 16.2. The summed E-state index contributed by atoms with van der Waals surface area (Å²) in [6.45, 7) is 6.22. The van der Waals surface area contributed by atoms with Gasteiger partial charge in [-0.3, -0.25) is 9.69 Å². The second-order valence-corrected chi connectivity index (χ2v) is 6.85. The van der Waals surface area contributed by atoms with E-state index in [9.17, 15) is 4.79 Å². The summed E-state index contributed by atoms with van der Waals surface area (Å²) in [6.07, 6.45) is 8.95. The molecule has 2 heterocycles. The van der Waals surface area contributed by atoms with Gasteiger partial charge < -0.3 is 10.2 Å². The predicted octanol–water partition coefficient (Wildman–Crippen LogP) is 1.60. The van der Waals surface area contributed by atoms with Crippen molar-refractivity contribution in [2.45, 2.75) is 70.0 Å². The Morgan fingerprint density at radius 3 is 2.30 bits per heavy atom. The summed E-state index contributed by atoms with van der Waals surface area (Å²) in [7, 11) is 0. The van der Waals surface area contributed by atoms with Crippen LogP contribution in [0.2, 0.25) is 0 Å². The van der Waals surface area contributed by atoms with Crippen LogP contribution in [0.3, 0.4) is 0 Å². The molecule has 1 saturated carbocycles. The monoisotopic (exact) mass is 279 g/mol. The average molecular weight is 279 g/mol. The SMILES string of the molecule is CC1CCCC(C(=O)N2CCN(C3CCCC3)CC2)N1. The molecule has 0 aromatic carbocycles. The fraction of sp³-hybridized carbons (Fsp3) is 0.938. The zero-order valence-corrected chi connectivity index (χ0v) is 12.8. The molecule has 3 fully saturated rings. The third-order valence-electron chi connectivity index (χ3n) is 5.38. The fourth-order valence-corrected chi connectivity index (χ4v) is 4.13. The van der Waals surface area contributed by atoms with Crippen LogP contribution in [0.4, 0.5) is 0 Å². The number of hydrogen-bond donors (Lipinski definition) is 1. The van der Waals surface area contributed by atoms with E-state index in [4.69, 9.17) is 0 Å².